The van der Waals surface area contributed by atoms with Crippen LogP contribution in [0.25, 0.3) is 0 Å². The van der Waals surface area contributed by atoms with Crippen LogP contribution in [0.15, 0.2) is 18.2 Å². The van der Waals surface area contributed by atoms with E-state index in [1.165, 1.54) is 0 Å². The Hall–Kier alpha value is -2.81. The number of nitrogens with one attached hydrogen (secondary N) is 3. The van der Waals surface area contributed by atoms with Gasteiger partial charge in [-0.25, -0.2) is 4.79 Å². The van der Waals surface area contributed by atoms with E-state index in [4.69, 9.17) is 16.3 Å². The van der Waals surface area contributed by atoms with Crippen LogP contribution in [-0.2, 0) is 14.4 Å². The number of hydrogen-bond acceptors (Lipinski definition) is 5. The first-order chi connectivity index (χ1) is 14.8. The largest absolute Gasteiger partial charge is 0.482 e. The van der Waals surface area contributed by atoms with E-state index in [0.29, 0.717) is 50.2 Å². The summed E-state index contributed by atoms with van der Waals surface area (Å²) in [5.41, 5.74) is -0.372. The van der Waals surface area contributed by atoms with E-state index in [-0.39, 0.29) is 35.3 Å². The standard InChI is InChI=1S/C21H27ClN4O5/c1-3-26(4-2)17(27)12-31-16-6-5-14(11-15(16)22)23-18(28)13-7-9-21(10-8-13)19(29)24-20(30)25-21/h5-6,11,13H,3-4,7-10,12H2,1-2H3,(H,23,28)(H2,24,25,29,30). The molecule has 2 fully saturated rings. The van der Waals surface area contributed by atoms with Crippen LogP contribution in [0, 0.1) is 5.92 Å². The first kappa shape index (κ1) is 22.9. The third-order valence-electron chi connectivity index (χ3n) is 5.89. The molecule has 1 aromatic carbocycles. The van der Waals surface area contributed by atoms with Crippen molar-refractivity contribution in [2.24, 2.45) is 5.92 Å². The molecule has 0 atom stereocenters. The van der Waals surface area contributed by atoms with Crippen LogP contribution < -0.4 is 20.7 Å². The van der Waals surface area contributed by atoms with Crippen LogP contribution in [0.5, 0.6) is 5.75 Å². The fourth-order valence-electron chi connectivity index (χ4n) is 4.00. The second kappa shape index (κ2) is 9.55. The summed E-state index contributed by atoms with van der Waals surface area (Å²) in [5.74, 6) is -0.514. The topological polar surface area (TPSA) is 117 Å². The molecule has 9 nitrogen and oxygen atoms in total. The van der Waals surface area contributed by atoms with Crippen molar-refractivity contribution in [3.05, 3.63) is 23.2 Å². The van der Waals surface area contributed by atoms with Gasteiger partial charge < -0.3 is 20.3 Å². The van der Waals surface area contributed by atoms with Crippen LogP contribution in [-0.4, -0.2) is 53.9 Å². The van der Waals surface area contributed by atoms with Gasteiger partial charge in [0, 0.05) is 24.7 Å². The van der Waals surface area contributed by atoms with Gasteiger partial charge in [0.1, 0.15) is 11.3 Å². The highest BCUT2D eigenvalue weighted by Gasteiger charge is 2.48. The summed E-state index contributed by atoms with van der Waals surface area (Å²) in [5, 5.41) is 8.08. The van der Waals surface area contributed by atoms with E-state index in [0.717, 1.165) is 0 Å². The molecule has 1 saturated carbocycles. The number of anilines is 1. The van der Waals surface area contributed by atoms with E-state index in [1.54, 1.807) is 23.1 Å². The van der Waals surface area contributed by atoms with Crippen molar-refractivity contribution in [1.82, 2.24) is 15.5 Å². The fourth-order valence-corrected chi connectivity index (χ4v) is 4.24. The molecule has 1 aromatic rings. The van der Waals surface area contributed by atoms with Gasteiger partial charge in [0.25, 0.3) is 11.8 Å². The molecule has 0 aromatic heterocycles. The number of benzene rings is 1. The zero-order chi connectivity index (χ0) is 22.6. The number of imide groups is 1. The summed E-state index contributed by atoms with van der Waals surface area (Å²) in [6.07, 6.45) is 1.80. The predicted octanol–water partition coefficient (Wildman–Crippen LogP) is 2.29. The Morgan fingerprint density at radius 1 is 1.23 bits per heavy atom. The minimum atomic E-state index is -0.890. The van der Waals surface area contributed by atoms with Gasteiger partial charge >= 0.3 is 6.03 Å². The molecule has 1 saturated heterocycles. The van der Waals surface area contributed by atoms with Crippen molar-refractivity contribution in [3.63, 3.8) is 0 Å². The SMILES string of the molecule is CCN(CC)C(=O)COc1ccc(NC(=O)C2CCC3(CC2)NC(=O)NC3=O)cc1Cl. The maximum atomic E-state index is 12.6. The number of rotatable bonds is 7. The van der Waals surface area contributed by atoms with Crippen LogP contribution in [0.2, 0.25) is 5.02 Å². The number of urea groups is 1. The smallest absolute Gasteiger partial charge is 0.322 e. The molecule has 0 bridgehead atoms. The molecule has 5 amide bonds. The number of carbonyl (C=O) groups is 4. The Morgan fingerprint density at radius 3 is 2.45 bits per heavy atom. The van der Waals surface area contributed by atoms with Crippen molar-refractivity contribution in [2.75, 3.05) is 25.0 Å². The molecule has 0 radical (unpaired) electrons. The molecular weight excluding hydrogens is 424 g/mol. The molecule has 0 unspecified atom stereocenters. The van der Waals surface area contributed by atoms with Gasteiger partial charge in [0.05, 0.1) is 5.02 Å². The fraction of sp³-hybridized carbons (Fsp3) is 0.524. The minimum Gasteiger partial charge on any atom is -0.482 e. The first-order valence-corrected chi connectivity index (χ1v) is 10.8. The van der Waals surface area contributed by atoms with Gasteiger partial charge in [-0.05, 0) is 57.7 Å². The Kier molecular flexibility index (Phi) is 7.04. The van der Waals surface area contributed by atoms with E-state index in [2.05, 4.69) is 16.0 Å². The highest BCUT2D eigenvalue weighted by Crippen LogP contribution is 2.35. The molecular formula is C21H27ClN4O5. The van der Waals surface area contributed by atoms with Crippen molar-refractivity contribution < 1.29 is 23.9 Å². The van der Waals surface area contributed by atoms with Gasteiger partial charge in [-0.3, -0.25) is 19.7 Å². The predicted molar refractivity (Wildman–Crippen MR) is 115 cm³/mol. The zero-order valence-electron chi connectivity index (χ0n) is 17.6. The monoisotopic (exact) mass is 450 g/mol. The highest BCUT2D eigenvalue weighted by molar-refractivity contribution is 6.32. The second-order valence-corrected chi connectivity index (χ2v) is 8.16. The lowest BCUT2D eigenvalue weighted by Gasteiger charge is -2.33. The van der Waals surface area contributed by atoms with Crippen molar-refractivity contribution in [3.8, 4) is 5.75 Å². The van der Waals surface area contributed by atoms with Crippen molar-refractivity contribution in [2.45, 2.75) is 45.1 Å². The Morgan fingerprint density at radius 2 is 1.90 bits per heavy atom. The molecule has 31 heavy (non-hydrogen) atoms. The average Bonchev–Trinajstić information content (AvgIpc) is 3.01. The summed E-state index contributed by atoms with van der Waals surface area (Å²) in [7, 11) is 0. The zero-order valence-corrected chi connectivity index (χ0v) is 18.4. The molecule has 1 spiro atoms. The average molecular weight is 451 g/mol. The quantitative estimate of drug-likeness (QED) is 0.551. The molecule has 2 aliphatic rings. The lowest BCUT2D eigenvalue weighted by Crippen LogP contribution is -2.50. The lowest BCUT2D eigenvalue weighted by atomic mass is 9.76. The summed E-state index contributed by atoms with van der Waals surface area (Å²) >= 11 is 6.26. The number of likely N-dealkylation sites (N-methyl/N-ethyl adjacent to an activating group) is 1. The molecule has 3 rings (SSSR count). The van der Waals surface area contributed by atoms with Crippen LogP contribution in [0.1, 0.15) is 39.5 Å². The van der Waals surface area contributed by atoms with E-state index in [9.17, 15) is 19.2 Å². The number of carbonyl (C=O) groups excluding carboxylic acids is 4. The molecule has 1 heterocycles. The van der Waals surface area contributed by atoms with Gasteiger partial charge in [0.15, 0.2) is 6.61 Å². The third-order valence-corrected chi connectivity index (χ3v) is 6.19. The van der Waals surface area contributed by atoms with E-state index in [1.807, 2.05) is 13.8 Å². The number of nitrogens with zero attached hydrogens (tertiary/aromatic N) is 1. The lowest BCUT2D eigenvalue weighted by molar-refractivity contribution is -0.133. The van der Waals surface area contributed by atoms with Crippen LogP contribution in [0.4, 0.5) is 10.5 Å². The Bertz CT molecular complexity index is 879. The van der Waals surface area contributed by atoms with Gasteiger partial charge in [-0.2, -0.15) is 0 Å². The summed E-state index contributed by atoms with van der Waals surface area (Å²) < 4.78 is 5.52. The molecule has 168 valence electrons. The normalized spacial score (nSPS) is 22.6. The van der Waals surface area contributed by atoms with Crippen molar-refractivity contribution >= 4 is 41.0 Å². The van der Waals surface area contributed by atoms with E-state index < -0.39 is 11.6 Å². The molecule has 10 heteroatoms. The first-order valence-electron chi connectivity index (χ1n) is 10.4. The summed E-state index contributed by atoms with van der Waals surface area (Å²) in [6, 6.07) is 4.37. The maximum Gasteiger partial charge on any atom is 0.322 e. The Labute approximate surface area is 185 Å². The van der Waals surface area contributed by atoms with Gasteiger partial charge in [-0.15, -0.1) is 0 Å². The van der Waals surface area contributed by atoms with E-state index >= 15 is 0 Å². The summed E-state index contributed by atoms with van der Waals surface area (Å²) in [6.45, 7) is 4.90. The third kappa shape index (κ3) is 5.10. The van der Waals surface area contributed by atoms with Gasteiger partial charge in [-0.1, -0.05) is 11.6 Å². The summed E-state index contributed by atoms with van der Waals surface area (Å²) in [4.78, 5) is 49.8. The molecule has 3 N–H and O–H groups in total. The number of hydrogen-bond donors (Lipinski definition) is 3. The number of halogens is 1. The Balaban J connectivity index is 1.53. The maximum absolute atomic E-state index is 12.6. The number of amides is 5. The number of ether oxygens (including phenoxy) is 1. The van der Waals surface area contributed by atoms with Crippen LogP contribution in [0.3, 0.4) is 0 Å². The second-order valence-electron chi connectivity index (χ2n) is 7.75. The minimum absolute atomic E-state index is 0.110. The van der Waals surface area contributed by atoms with Gasteiger partial charge in [0.2, 0.25) is 5.91 Å². The molecule has 1 aliphatic carbocycles. The van der Waals surface area contributed by atoms with Crippen molar-refractivity contribution in [1.29, 1.82) is 0 Å². The highest BCUT2D eigenvalue weighted by atomic mass is 35.5. The molecule has 1 aliphatic heterocycles. The van der Waals surface area contributed by atoms with Crippen LogP contribution >= 0.6 is 11.6 Å².